The van der Waals surface area contributed by atoms with E-state index in [4.69, 9.17) is 5.73 Å². The summed E-state index contributed by atoms with van der Waals surface area (Å²) in [5, 5.41) is 0. The lowest BCUT2D eigenvalue weighted by Crippen LogP contribution is -2.26. The van der Waals surface area contributed by atoms with Crippen LogP contribution in [0, 0.1) is 0 Å². The Labute approximate surface area is 100 Å². The zero-order valence-electron chi connectivity index (χ0n) is 9.68. The molecule has 1 amide bonds. The summed E-state index contributed by atoms with van der Waals surface area (Å²) in [6, 6.07) is 11.1. The fourth-order valence-corrected chi connectivity index (χ4v) is 1.66. The predicted octanol–water partition coefficient (Wildman–Crippen LogP) is 1.75. The SMILES string of the molecule is CN(C(=O)c1cccc(CN)c1)c1ccc[nH]1. The summed E-state index contributed by atoms with van der Waals surface area (Å²) in [6.45, 7) is 0.438. The maximum absolute atomic E-state index is 12.2. The van der Waals surface area contributed by atoms with E-state index in [1.54, 1.807) is 24.2 Å². The minimum absolute atomic E-state index is 0.0530. The van der Waals surface area contributed by atoms with Crippen molar-refractivity contribution < 1.29 is 4.79 Å². The van der Waals surface area contributed by atoms with Crippen molar-refractivity contribution in [1.82, 2.24) is 4.98 Å². The van der Waals surface area contributed by atoms with Crippen molar-refractivity contribution in [3.8, 4) is 0 Å². The number of H-pyrrole nitrogens is 1. The van der Waals surface area contributed by atoms with E-state index in [1.165, 1.54) is 0 Å². The van der Waals surface area contributed by atoms with Crippen molar-refractivity contribution in [1.29, 1.82) is 0 Å². The standard InChI is InChI=1S/C13H15N3O/c1-16(12-6-3-7-15-12)13(17)11-5-2-4-10(8-11)9-14/h2-8,15H,9,14H2,1H3. The van der Waals surface area contributed by atoms with Gasteiger partial charge in [-0.25, -0.2) is 0 Å². The molecule has 4 heteroatoms. The van der Waals surface area contributed by atoms with Crippen molar-refractivity contribution in [2.75, 3.05) is 11.9 Å². The molecule has 0 aliphatic rings. The van der Waals surface area contributed by atoms with Gasteiger partial charge in [0.05, 0.1) is 0 Å². The maximum atomic E-state index is 12.2. The number of nitrogens with zero attached hydrogens (tertiary/aromatic N) is 1. The Kier molecular flexibility index (Phi) is 3.25. The van der Waals surface area contributed by atoms with Crippen molar-refractivity contribution in [2.45, 2.75) is 6.54 Å². The van der Waals surface area contributed by atoms with E-state index < -0.39 is 0 Å². The lowest BCUT2D eigenvalue weighted by Gasteiger charge is -2.15. The highest BCUT2D eigenvalue weighted by molar-refractivity contribution is 6.05. The number of hydrogen-bond acceptors (Lipinski definition) is 2. The molecule has 3 N–H and O–H groups in total. The van der Waals surface area contributed by atoms with Gasteiger partial charge in [-0.3, -0.25) is 9.69 Å². The van der Waals surface area contributed by atoms with Crippen LogP contribution in [0.1, 0.15) is 15.9 Å². The summed E-state index contributed by atoms with van der Waals surface area (Å²) in [5.41, 5.74) is 7.16. The van der Waals surface area contributed by atoms with Gasteiger partial charge in [-0.05, 0) is 29.8 Å². The number of carbonyl (C=O) groups is 1. The van der Waals surface area contributed by atoms with Gasteiger partial charge < -0.3 is 10.7 Å². The molecule has 1 aromatic heterocycles. The number of nitrogens with one attached hydrogen (secondary N) is 1. The topological polar surface area (TPSA) is 62.1 Å². The van der Waals surface area contributed by atoms with Crippen molar-refractivity contribution in [2.24, 2.45) is 5.73 Å². The van der Waals surface area contributed by atoms with Crippen LogP contribution in [-0.2, 0) is 6.54 Å². The Morgan fingerprint density at radius 1 is 1.35 bits per heavy atom. The average Bonchev–Trinajstić information content (AvgIpc) is 2.91. The number of benzene rings is 1. The van der Waals surface area contributed by atoms with Gasteiger partial charge in [0.25, 0.3) is 5.91 Å². The molecule has 0 saturated carbocycles. The number of anilines is 1. The van der Waals surface area contributed by atoms with Gasteiger partial charge >= 0.3 is 0 Å². The van der Waals surface area contributed by atoms with E-state index in [0.717, 1.165) is 11.4 Å². The zero-order valence-corrected chi connectivity index (χ0v) is 9.68. The van der Waals surface area contributed by atoms with Crippen molar-refractivity contribution in [3.63, 3.8) is 0 Å². The number of aromatic nitrogens is 1. The third-order valence-electron chi connectivity index (χ3n) is 2.66. The Morgan fingerprint density at radius 2 is 2.18 bits per heavy atom. The summed E-state index contributed by atoms with van der Waals surface area (Å²) in [6.07, 6.45) is 1.79. The second-order valence-electron chi connectivity index (χ2n) is 3.82. The van der Waals surface area contributed by atoms with E-state index >= 15 is 0 Å². The summed E-state index contributed by atoms with van der Waals surface area (Å²) in [4.78, 5) is 16.8. The molecule has 0 spiro atoms. The lowest BCUT2D eigenvalue weighted by molar-refractivity contribution is 0.0992. The van der Waals surface area contributed by atoms with E-state index in [-0.39, 0.29) is 5.91 Å². The molecule has 1 heterocycles. The van der Waals surface area contributed by atoms with Gasteiger partial charge in [0.2, 0.25) is 0 Å². The van der Waals surface area contributed by atoms with Gasteiger partial charge in [0, 0.05) is 25.4 Å². The molecule has 0 aliphatic carbocycles. The molecule has 1 aromatic carbocycles. The Morgan fingerprint density at radius 3 is 2.82 bits per heavy atom. The van der Waals surface area contributed by atoms with Crippen LogP contribution < -0.4 is 10.6 Å². The smallest absolute Gasteiger partial charge is 0.259 e. The summed E-state index contributed by atoms with van der Waals surface area (Å²) >= 11 is 0. The van der Waals surface area contributed by atoms with E-state index in [1.807, 2.05) is 30.3 Å². The molecule has 0 atom stereocenters. The molecule has 2 aromatic rings. The highest BCUT2D eigenvalue weighted by atomic mass is 16.2. The quantitative estimate of drug-likeness (QED) is 0.842. The fourth-order valence-electron chi connectivity index (χ4n) is 1.66. The van der Waals surface area contributed by atoms with Crippen molar-refractivity contribution >= 4 is 11.7 Å². The Bertz CT molecular complexity index is 505. The minimum atomic E-state index is -0.0530. The number of hydrogen-bond donors (Lipinski definition) is 2. The summed E-state index contributed by atoms with van der Waals surface area (Å²) in [5.74, 6) is 0.718. The lowest BCUT2D eigenvalue weighted by atomic mass is 10.1. The molecular formula is C13H15N3O. The van der Waals surface area contributed by atoms with Crippen LogP contribution in [0.4, 0.5) is 5.82 Å². The maximum Gasteiger partial charge on any atom is 0.259 e. The molecule has 0 unspecified atom stereocenters. The molecule has 4 nitrogen and oxygen atoms in total. The van der Waals surface area contributed by atoms with E-state index in [9.17, 15) is 4.79 Å². The van der Waals surface area contributed by atoms with Crippen LogP contribution in [0.15, 0.2) is 42.6 Å². The van der Waals surface area contributed by atoms with Crippen LogP contribution in [-0.4, -0.2) is 17.9 Å². The highest BCUT2D eigenvalue weighted by Crippen LogP contribution is 2.13. The second kappa shape index (κ2) is 4.84. The largest absolute Gasteiger partial charge is 0.348 e. The summed E-state index contributed by atoms with van der Waals surface area (Å²) < 4.78 is 0. The first-order valence-electron chi connectivity index (χ1n) is 5.43. The number of aromatic amines is 1. The van der Waals surface area contributed by atoms with Gasteiger partial charge in [-0.1, -0.05) is 12.1 Å². The summed E-state index contributed by atoms with van der Waals surface area (Å²) in [7, 11) is 1.74. The molecule has 2 rings (SSSR count). The van der Waals surface area contributed by atoms with Gasteiger partial charge in [0.1, 0.15) is 5.82 Å². The number of rotatable bonds is 3. The molecular weight excluding hydrogens is 214 g/mol. The molecule has 17 heavy (non-hydrogen) atoms. The molecule has 0 aliphatic heterocycles. The van der Waals surface area contributed by atoms with Crippen LogP contribution in [0.25, 0.3) is 0 Å². The second-order valence-corrected chi connectivity index (χ2v) is 3.82. The van der Waals surface area contributed by atoms with Crippen LogP contribution in [0.3, 0.4) is 0 Å². The minimum Gasteiger partial charge on any atom is -0.348 e. The van der Waals surface area contributed by atoms with E-state index in [2.05, 4.69) is 4.98 Å². The Balaban J connectivity index is 2.24. The van der Waals surface area contributed by atoms with E-state index in [0.29, 0.717) is 12.1 Å². The number of carbonyl (C=O) groups excluding carboxylic acids is 1. The van der Waals surface area contributed by atoms with Crippen LogP contribution >= 0.6 is 0 Å². The highest BCUT2D eigenvalue weighted by Gasteiger charge is 2.13. The van der Waals surface area contributed by atoms with Crippen LogP contribution in [0.5, 0.6) is 0 Å². The first-order chi connectivity index (χ1) is 8.22. The molecule has 0 bridgehead atoms. The molecule has 0 radical (unpaired) electrons. The van der Waals surface area contributed by atoms with Crippen LogP contribution in [0.2, 0.25) is 0 Å². The van der Waals surface area contributed by atoms with Crippen molar-refractivity contribution in [3.05, 3.63) is 53.7 Å². The Hall–Kier alpha value is -2.07. The number of amides is 1. The zero-order chi connectivity index (χ0) is 12.3. The normalized spacial score (nSPS) is 10.2. The third-order valence-corrected chi connectivity index (χ3v) is 2.66. The van der Waals surface area contributed by atoms with Gasteiger partial charge in [-0.2, -0.15) is 0 Å². The molecule has 0 fully saturated rings. The third kappa shape index (κ3) is 2.37. The number of nitrogens with two attached hydrogens (primary N) is 1. The average molecular weight is 229 g/mol. The first kappa shape index (κ1) is 11.4. The van der Waals surface area contributed by atoms with Gasteiger partial charge in [-0.15, -0.1) is 0 Å². The molecule has 88 valence electrons. The monoisotopic (exact) mass is 229 g/mol. The fraction of sp³-hybridized carbons (Fsp3) is 0.154. The van der Waals surface area contributed by atoms with Gasteiger partial charge in [0.15, 0.2) is 0 Å². The molecule has 0 saturated heterocycles. The first-order valence-corrected chi connectivity index (χ1v) is 5.43. The predicted molar refractivity (Wildman–Crippen MR) is 67.9 cm³/mol.